The summed E-state index contributed by atoms with van der Waals surface area (Å²) in [6.07, 6.45) is 3.49. The normalized spacial score (nSPS) is 10.7. The van der Waals surface area contributed by atoms with Gasteiger partial charge in [0, 0.05) is 29.7 Å². The molecule has 0 spiro atoms. The van der Waals surface area contributed by atoms with Gasteiger partial charge < -0.3 is 14.8 Å². The highest BCUT2D eigenvalue weighted by molar-refractivity contribution is 8.00. The van der Waals surface area contributed by atoms with Crippen molar-refractivity contribution < 1.29 is 14.3 Å². The highest BCUT2D eigenvalue weighted by Gasteiger charge is 2.12. The number of aromatic nitrogens is 3. The quantitative estimate of drug-likeness (QED) is 0.453. The number of nitrogens with zero attached hydrogens (tertiary/aromatic N) is 3. The van der Waals surface area contributed by atoms with Crippen LogP contribution in [0.25, 0.3) is 16.8 Å². The van der Waals surface area contributed by atoms with Crippen molar-refractivity contribution in [1.29, 1.82) is 0 Å². The number of benzene rings is 2. The third kappa shape index (κ3) is 4.23. The zero-order valence-corrected chi connectivity index (χ0v) is 17.3. The van der Waals surface area contributed by atoms with E-state index in [1.165, 1.54) is 11.8 Å². The van der Waals surface area contributed by atoms with Crippen molar-refractivity contribution in [1.82, 2.24) is 14.6 Å². The molecule has 1 N–H and O–H groups in total. The fraction of sp³-hybridized carbons (Fsp3) is 0.136. The van der Waals surface area contributed by atoms with Gasteiger partial charge in [0.2, 0.25) is 5.91 Å². The van der Waals surface area contributed by atoms with E-state index in [9.17, 15) is 4.79 Å². The SMILES string of the molecule is COc1ccc(NC(=O)CSc2nccn3nc(-c4ccccc4)cc23)cc1OC. The first-order valence-electron chi connectivity index (χ1n) is 9.22. The van der Waals surface area contributed by atoms with Gasteiger partial charge in [-0.25, -0.2) is 9.50 Å². The minimum Gasteiger partial charge on any atom is -0.493 e. The zero-order chi connectivity index (χ0) is 20.9. The van der Waals surface area contributed by atoms with Crippen LogP contribution >= 0.6 is 11.8 Å². The van der Waals surface area contributed by atoms with Crippen LogP contribution in [0.15, 0.2) is 72.0 Å². The molecule has 0 saturated carbocycles. The van der Waals surface area contributed by atoms with Crippen LogP contribution in [-0.2, 0) is 4.79 Å². The lowest BCUT2D eigenvalue weighted by molar-refractivity contribution is -0.113. The van der Waals surface area contributed by atoms with Crippen LogP contribution in [0.4, 0.5) is 5.69 Å². The average Bonchev–Trinajstić information content (AvgIpc) is 3.23. The molecule has 0 aliphatic carbocycles. The number of thioether (sulfide) groups is 1. The molecule has 0 aliphatic rings. The average molecular weight is 420 g/mol. The van der Waals surface area contributed by atoms with Gasteiger partial charge in [0.25, 0.3) is 0 Å². The summed E-state index contributed by atoms with van der Waals surface area (Å²) >= 11 is 1.36. The van der Waals surface area contributed by atoms with Gasteiger partial charge in [-0.3, -0.25) is 4.79 Å². The van der Waals surface area contributed by atoms with Crippen molar-refractivity contribution in [3.63, 3.8) is 0 Å². The van der Waals surface area contributed by atoms with Crippen molar-refractivity contribution in [3.05, 3.63) is 67.0 Å². The standard InChI is InChI=1S/C22H20N4O3S/c1-28-19-9-8-16(12-20(19)29-2)24-21(27)14-30-22-18-13-17(15-6-4-3-5-7-15)25-26(18)11-10-23-22/h3-13H,14H2,1-2H3,(H,24,27). The smallest absolute Gasteiger partial charge is 0.234 e. The molecule has 0 radical (unpaired) electrons. The summed E-state index contributed by atoms with van der Waals surface area (Å²) in [7, 11) is 3.13. The van der Waals surface area contributed by atoms with E-state index < -0.39 is 0 Å². The first-order chi connectivity index (χ1) is 14.7. The van der Waals surface area contributed by atoms with Gasteiger partial charge in [-0.05, 0) is 18.2 Å². The maximum absolute atomic E-state index is 12.4. The largest absolute Gasteiger partial charge is 0.493 e. The van der Waals surface area contributed by atoms with Gasteiger partial charge in [0.1, 0.15) is 5.03 Å². The van der Waals surface area contributed by atoms with E-state index in [4.69, 9.17) is 9.47 Å². The number of amides is 1. The molecular formula is C22H20N4O3S. The number of hydrogen-bond donors (Lipinski definition) is 1. The lowest BCUT2D eigenvalue weighted by Gasteiger charge is -2.10. The van der Waals surface area contributed by atoms with Gasteiger partial charge in [-0.15, -0.1) is 0 Å². The molecule has 30 heavy (non-hydrogen) atoms. The van der Waals surface area contributed by atoms with Crippen molar-refractivity contribution in [3.8, 4) is 22.8 Å². The Bertz CT molecular complexity index is 1180. The molecule has 2 heterocycles. The number of hydrogen-bond acceptors (Lipinski definition) is 6. The third-order valence-corrected chi connectivity index (χ3v) is 5.43. The molecule has 4 rings (SSSR count). The van der Waals surface area contributed by atoms with E-state index >= 15 is 0 Å². The third-order valence-electron chi connectivity index (χ3n) is 4.43. The van der Waals surface area contributed by atoms with Crippen molar-refractivity contribution in [2.24, 2.45) is 0 Å². The van der Waals surface area contributed by atoms with E-state index in [0.717, 1.165) is 21.8 Å². The number of rotatable bonds is 7. The number of anilines is 1. The number of ether oxygens (including phenoxy) is 2. The highest BCUT2D eigenvalue weighted by atomic mass is 32.2. The molecule has 152 valence electrons. The van der Waals surface area contributed by atoms with Gasteiger partial charge in [0.05, 0.1) is 31.2 Å². The molecule has 4 aromatic rings. The number of nitrogens with one attached hydrogen (secondary N) is 1. The first-order valence-corrected chi connectivity index (χ1v) is 10.2. The van der Waals surface area contributed by atoms with Gasteiger partial charge in [0.15, 0.2) is 11.5 Å². The Labute approximate surface area is 178 Å². The predicted octanol–water partition coefficient (Wildman–Crippen LogP) is 4.14. The fourth-order valence-corrected chi connectivity index (χ4v) is 3.78. The predicted molar refractivity (Wildman–Crippen MR) is 117 cm³/mol. The highest BCUT2D eigenvalue weighted by Crippen LogP contribution is 2.30. The topological polar surface area (TPSA) is 77.8 Å². The summed E-state index contributed by atoms with van der Waals surface area (Å²) in [5, 5.41) is 8.23. The Morgan fingerprint density at radius 1 is 1.07 bits per heavy atom. The van der Waals surface area contributed by atoms with E-state index in [2.05, 4.69) is 15.4 Å². The maximum Gasteiger partial charge on any atom is 0.234 e. The fourth-order valence-electron chi connectivity index (χ4n) is 3.00. The minimum atomic E-state index is -0.140. The molecule has 2 aromatic heterocycles. The lowest BCUT2D eigenvalue weighted by Crippen LogP contribution is -2.14. The first kappa shape index (κ1) is 19.8. The summed E-state index contributed by atoms with van der Waals surface area (Å²) in [6.45, 7) is 0. The van der Waals surface area contributed by atoms with Crippen LogP contribution in [0.1, 0.15) is 0 Å². The molecule has 0 bridgehead atoms. The molecular weight excluding hydrogens is 400 g/mol. The van der Waals surface area contributed by atoms with Crippen molar-refractivity contribution in [2.45, 2.75) is 5.03 Å². The second-order valence-electron chi connectivity index (χ2n) is 6.36. The number of carbonyl (C=O) groups is 1. The van der Waals surface area contributed by atoms with E-state index in [0.29, 0.717) is 17.2 Å². The number of carbonyl (C=O) groups excluding carboxylic acids is 1. The summed E-state index contributed by atoms with van der Waals surface area (Å²) in [5.74, 6) is 1.24. The van der Waals surface area contributed by atoms with E-state index in [-0.39, 0.29) is 11.7 Å². The minimum absolute atomic E-state index is 0.140. The molecule has 0 atom stereocenters. The van der Waals surface area contributed by atoms with Crippen molar-refractivity contribution in [2.75, 3.05) is 25.3 Å². The number of fused-ring (bicyclic) bond motifs is 1. The zero-order valence-electron chi connectivity index (χ0n) is 16.5. The van der Waals surface area contributed by atoms with Gasteiger partial charge in [-0.1, -0.05) is 42.1 Å². The van der Waals surface area contributed by atoms with Gasteiger partial charge >= 0.3 is 0 Å². The van der Waals surface area contributed by atoms with Crippen LogP contribution in [0, 0.1) is 0 Å². The molecule has 0 fully saturated rings. The molecule has 0 unspecified atom stereocenters. The second-order valence-corrected chi connectivity index (χ2v) is 7.33. The number of methoxy groups -OCH3 is 2. The van der Waals surface area contributed by atoms with Crippen LogP contribution in [0.5, 0.6) is 11.5 Å². The van der Waals surface area contributed by atoms with E-state index in [1.807, 2.05) is 36.4 Å². The Morgan fingerprint density at radius 3 is 2.63 bits per heavy atom. The Balaban J connectivity index is 1.47. The maximum atomic E-state index is 12.4. The summed E-state index contributed by atoms with van der Waals surface area (Å²) in [4.78, 5) is 16.9. The molecule has 0 aliphatic heterocycles. The summed E-state index contributed by atoms with van der Waals surface area (Å²) < 4.78 is 12.3. The van der Waals surface area contributed by atoms with Crippen molar-refractivity contribution >= 4 is 28.9 Å². The Morgan fingerprint density at radius 2 is 1.87 bits per heavy atom. The molecule has 0 saturated heterocycles. The molecule has 2 aromatic carbocycles. The monoisotopic (exact) mass is 420 g/mol. The van der Waals surface area contributed by atoms with Gasteiger partial charge in [-0.2, -0.15) is 5.10 Å². The molecule has 8 heteroatoms. The van der Waals surface area contributed by atoms with Crippen LogP contribution in [0.3, 0.4) is 0 Å². The Hall–Kier alpha value is -3.52. The summed E-state index contributed by atoms with van der Waals surface area (Å²) in [6, 6.07) is 17.2. The lowest BCUT2D eigenvalue weighted by atomic mass is 10.1. The van der Waals surface area contributed by atoms with E-state index in [1.54, 1.807) is 49.3 Å². The molecule has 1 amide bonds. The summed E-state index contributed by atoms with van der Waals surface area (Å²) in [5.41, 5.74) is 3.39. The second kappa shape index (κ2) is 8.87. The van der Waals surface area contributed by atoms with Crippen LogP contribution in [-0.4, -0.2) is 40.5 Å². The van der Waals surface area contributed by atoms with Crippen LogP contribution in [0.2, 0.25) is 0 Å². The van der Waals surface area contributed by atoms with Crippen LogP contribution < -0.4 is 14.8 Å². The Kier molecular flexibility index (Phi) is 5.85. The molecule has 7 nitrogen and oxygen atoms in total.